The van der Waals surface area contributed by atoms with Gasteiger partial charge in [0.05, 0.1) is 16.6 Å². The van der Waals surface area contributed by atoms with Crippen molar-refractivity contribution in [3.05, 3.63) is 22.7 Å². The lowest BCUT2D eigenvalue weighted by Gasteiger charge is -2.12. The monoisotopic (exact) mass is 384 g/mol. The van der Waals surface area contributed by atoms with Crippen LogP contribution in [0.25, 0.3) is 0 Å². The number of sulfonamides is 1. The van der Waals surface area contributed by atoms with Crippen molar-refractivity contribution in [3.63, 3.8) is 0 Å². The normalized spacial score (nSPS) is 11.2. The highest BCUT2D eigenvalue weighted by molar-refractivity contribution is 9.09. The van der Waals surface area contributed by atoms with E-state index in [-0.39, 0.29) is 27.7 Å². The molecule has 0 aliphatic carbocycles. The predicted octanol–water partition coefficient (Wildman–Crippen LogP) is 1.47. The average molecular weight is 386 g/mol. The van der Waals surface area contributed by atoms with Crippen LogP contribution in [0.5, 0.6) is 5.75 Å². The van der Waals surface area contributed by atoms with E-state index in [1.165, 1.54) is 6.07 Å². The van der Waals surface area contributed by atoms with E-state index in [4.69, 9.17) is 11.6 Å². The number of amides is 1. The number of nitrogens with one attached hydrogen (secondary N) is 2. The molecule has 1 amide bonds. The molecule has 0 aliphatic rings. The van der Waals surface area contributed by atoms with Crippen LogP contribution in [0.3, 0.4) is 0 Å². The summed E-state index contributed by atoms with van der Waals surface area (Å²) in [5, 5.41) is 12.9. The highest BCUT2D eigenvalue weighted by atomic mass is 79.9. The minimum absolute atomic E-state index is 0.0570. The largest absolute Gasteiger partial charge is 0.505 e. The number of carbonyl (C=O) groups excluding carboxylic acids is 1. The molecular formula is C11H14BrClN2O4S. The quantitative estimate of drug-likeness (QED) is 0.510. The van der Waals surface area contributed by atoms with Crippen molar-refractivity contribution in [1.82, 2.24) is 5.32 Å². The minimum Gasteiger partial charge on any atom is -0.505 e. The maximum Gasteiger partial charge on any atom is 0.230 e. The molecule has 0 spiro atoms. The van der Waals surface area contributed by atoms with Crippen LogP contribution < -0.4 is 10.0 Å². The molecule has 0 bridgehead atoms. The molecule has 0 atom stereocenters. The van der Waals surface area contributed by atoms with E-state index >= 15 is 0 Å². The molecule has 20 heavy (non-hydrogen) atoms. The Bertz CT molecular complexity index is 607. The van der Waals surface area contributed by atoms with E-state index in [0.29, 0.717) is 18.5 Å². The van der Waals surface area contributed by atoms with Crippen LogP contribution in [0.1, 0.15) is 5.56 Å². The minimum atomic E-state index is -3.55. The number of anilines is 1. The number of benzene rings is 1. The highest BCUT2D eigenvalue weighted by Crippen LogP contribution is 2.35. The molecule has 1 aromatic rings. The summed E-state index contributed by atoms with van der Waals surface area (Å²) in [4.78, 5) is 11.1. The van der Waals surface area contributed by atoms with Gasteiger partial charge in [-0.25, -0.2) is 8.42 Å². The van der Waals surface area contributed by atoms with Gasteiger partial charge in [-0.15, -0.1) is 0 Å². The van der Waals surface area contributed by atoms with Crippen molar-refractivity contribution in [2.24, 2.45) is 0 Å². The van der Waals surface area contributed by atoms with E-state index in [2.05, 4.69) is 26.0 Å². The molecule has 0 aliphatic heterocycles. The number of rotatable bonds is 6. The van der Waals surface area contributed by atoms with Crippen LogP contribution in [0.2, 0.25) is 5.02 Å². The van der Waals surface area contributed by atoms with Gasteiger partial charge in [0.1, 0.15) is 11.4 Å². The Morgan fingerprint density at radius 2 is 2.10 bits per heavy atom. The first-order valence-corrected chi connectivity index (χ1v) is 8.94. The third kappa shape index (κ3) is 5.18. The van der Waals surface area contributed by atoms with Gasteiger partial charge in [0.15, 0.2) is 0 Å². The van der Waals surface area contributed by atoms with Gasteiger partial charge in [-0.3, -0.25) is 9.52 Å². The van der Waals surface area contributed by atoms with Crippen LogP contribution >= 0.6 is 27.5 Å². The van der Waals surface area contributed by atoms with E-state index < -0.39 is 10.0 Å². The fourth-order valence-corrected chi connectivity index (χ4v) is 2.51. The third-order valence-electron chi connectivity index (χ3n) is 2.34. The van der Waals surface area contributed by atoms with E-state index in [1.807, 2.05) is 0 Å². The van der Waals surface area contributed by atoms with Crippen LogP contribution in [-0.2, 0) is 21.2 Å². The van der Waals surface area contributed by atoms with Gasteiger partial charge in [0, 0.05) is 6.54 Å². The fraction of sp³-hybridized carbons (Fsp3) is 0.364. The Morgan fingerprint density at radius 1 is 1.45 bits per heavy atom. The molecule has 0 radical (unpaired) electrons. The average Bonchev–Trinajstić information content (AvgIpc) is 2.35. The summed E-state index contributed by atoms with van der Waals surface area (Å²) in [6, 6.07) is 3.06. The summed E-state index contributed by atoms with van der Waals surface area (Å²) in [7, 11) is -3.55. The summed E-state index contributed by atoms with van der Waals surface area (Å²) < 4.78 is 24.6. The Hall–Kier alpha value is -0.990. The lowest BCUT2D eigenvalue weighted by molar-refractivity contribution is -0.118. The van der Waals surface area contributed by atoms with E-state index in [0.717, 1.165) is 6.26 Å². The number of carbonyl (C=O) groups is 1. The number of aromatic hydroxyl groups is 1. The van der Waals surface area contributed by atoms with E-state index in [9.17, 15) is 18.3 Å². The molecule has 1 aromatic carbocycles. The van der Waals surface area contributed by atoms with Crippen LogP contribution in [0.15, 0.2) is 12.1 Å². The topological polar surface area (TPSA) is 95.5 Å². The lowest BCUT2D eigenvalue weighted by Crippen LogP contribution is -2.26. The second kappa shape index (κ2) is 7.14. The van der Waals surface area contributed by atoms with Gasteiger partial charge in [0.25, 0.3) is 0 Å². The second-order valence-electron chi connectivity index (χ2n) is 4.04. The van der Waals surface area contributed by atoms with Crippen LogP contribution in [0, 0.1) is 0 Å². The van der Waals surface area contributed by atoms with Crippen molar-refractivity contribution in [2.45, 2.75) is 6.42 Å². The number of hydrogen-bond acceptors (Lipinski definition) is 4. The van der Waals surface area contributed by atoms with Crippen molar-refractivity contribution in [1.29, 1.82) is 0 Å². The molecule has 112 valence electrons. The molecule has 3 N–H and O–H groups in total. The zero-order valence-electron chi connectivity index (χ0n) is 10.6. The molecule has 0 saturated heterocycles. The Balaban J connectivity index is 2.89. The maximum absolute atomic E-state index is 11.2. The van der Waals surface area contributed by atoms with Crippen LogP contribution in [0.4, 0.5) is 5.69 Å². The van der Waals surface area contributed by atoms with Crippen molar-refractivity contribution in [2.75, 3.05) is 22.9 Å². The number of alkyl halides is 1. The summed E-state index contributed by atoms with van der Waals surface area (Å²) in [6.45, 7) is 0.317. The van der Waals surface area contributed by atoms with Crippen molar-refractivity contribution >= 4 is 49.1 Å². The van der Waals surface area contributed by atoms with Crippen molar-refractivity contribution < 1.29 is 18.3 Å². The standard InChI is InChI=1S/C11H14BrClN2O4S/c1-20(18,19)15-10-8(13)3-2-7(11(10)17)4-5-14-9(16)6-12/h2-3,15,17H,4-6H2,1H3,(H,14,16). The molecular weight excluding hydrogens is 372 g/mol. The Labute approximate surface area is 130 Å². The second-order valence-corrected chi connectivity index (χ2v) is 6.75. The van der Waals surface area contributed by atoms with Gasteiger partial charge < -0.3 is 10.4 Å². The summed E-state index contributed by atoms with van der Waals surface area (Å²) in [5.41, 5.74) is 0.425. The lowest BCUT2D eigenvalue weighted by atomic mass is 10.1. The summed E-state index contributed by atoms with van der Waals surface area (Å²) in [5.74, 6) is -0.413. The number of phenols is 1. The molecule has 1 rings (SSSR count). The first-order chi connectivity index (χ1) is 9.24. The molecule has 0 fully saturated rings. The Kier molecular flexibility index (Phi) is 6.09. The zero-order valence-corrected chi connectivity index (χ0v) is 13.8. The molecule has 0 unspecified atom stereocenters. The number of phenolic OH excluding ortho intramolecular Hbond substituents is 1. The molecule has 6 nitrogen and oxygen atoms in total. The zero-order chi connectivity index (χ0) is 15.3. The molecule has 0 aromatic heterocycles. The fourth-order valence-electron chi connectivity index (χ4n) is 1.48. The Morgan fingerprint density at radius 3 is 2.65 bits per heavy atom. The van der Waals surface area contributed by atoms with Gasteiger partial charge in [0.2, 0.25) is 15.9 Å². The van der Waals surface area contributed by atoms with Crippen molar-refractivity contribution in [3.8, 4) is 5.75 Å². The maximum atomic E-state index is 11.2. The van der Waals surface area contributed by atoms with Gasteiger partial charge in [-0.2, -0.15) is 0 Å². The number of halogens is 2. The number of hydrogen-bond donors (Lipinski definition) is 3. The van der Waals surface area contributed by atoms with E-state index in [1.54, 1.807) is 6.07 Å². The highest BCUT2D eigenvalue weighted by Gasteiger charge is 2.15. The SMILES string of the molecule is CS(=O)(=O)Nc1c(Cl)ccc(CCNC(=O)CBr)c1O. The summed E-state index contributed by atoms with van der Waals surface area (Å²) >= 11 is 8.87. The predicted molar refractivity (Wildman–Crippen MR) is 82.1 cm³/mol. The smallest absolute Gasteiger partial charge is 0.230 e. The van der Waals surface area contributed by atoms with Gasteiger partial charge in [-0.05, 0) is 18.1 Å². The van der Waals surface area contributed by atoms with Gasteiger partial charge in [-0.1, -0.05) is 33.6 Å². The summed E-state index contributed by atoms with van der Waals surface area (Å²) in [6.07, 6.45) is 1.31. The van der Waals surface area contributed by atoms with Gasteiger partial charge >= 0.3 is 0 Å². The first kappa shape index (κ1) is 17.1. The third-order valence-corrected chi connectivity index (χ3v) is 3.74. The van der Waals surface area contributed by atoms with Crippen LogP contribution in [-0.4, -0.2) is 37.6 Å². The molecule has 9 heteroatoms. The first-order valence-electron chi connectivity index (χ1n) is 5.55. The molecule has 0 heterocycles. The molecule has 0 saturated carbocycles.